The van der Waals surface area contributed by atoms with Crippen LogP contribution in [0.3, 0.4) is 0 Å². The van der Waals surface area contributed by atoms with E-state index in [9.17, 15) is 4.39 Å². The molecule has 1 aromatic carbocycles. The Morgan fingerprint density at radius 3 is 3.00 bits per heavy atom. The molecular formula is C13H18BrFN2. The van der Waals surface area contributed by atoms with Crippen molar-refractivity contribution >= 4 is 21.6 Å². The lowest BCUT2D eigenvalue weighted by atomic mass is 10.1. The number of nitrogens with one attached hydrogen (secondary N) is 2. The van der Waals surface area contributed by atoms with E-state index in [0.29, 0.717) is 11.5 Å². The maximum Gasteiger partial charge on any atom is 0.122 e. The Bertz CT molecular complexity index is 376. The van der Waals surface area contributed by atoms with E-state index >= 15 is 0 Å². The number of halogens is 2. The van der Waals surface area contributed by atoms with E-state index in [2.05, 4.69) is 26.6 Å². The molecule has 94 valence electrons. The average Bonchev–Trinajstić information content (AvgIpc) is 2.80. The van der Waals surface area contributed by atoms with E-state index in [0.717, 1.165) is 29.8 Å². The van der Waals surface area contributed by atoms with Crippen LogP contribution >= 0.6 is 15.9 Å². The maximum atomic E-state index is 13.1. The summed E-state index contributed by atoms with van der Waals surface area (Å²) in [6.07, 6.45) is 0.309. The van der Waals surface area contributed by atoms with Gasteiger partial charge in [-0.3, -0.25) is 0 Å². The quantitative estimate of drug-likeness (QED) is 0.889. The Kier molecular flexibility index (Phi) is 4.40. The van der Waals surface area contributed by atoms with Gasteiger partial charge in [0.15, 0.2) is 0 Å². The number of hydrogen-bond acceptors (Lipinski definition) is 2. The maximum absolute atomic E-state index is 13.1. The summed E-state index contributed by atoms with van der Waals surface area (Å²) < 4.78 is 14.1. The normalized spacial score (nSPS) is 21.5. The highest BCUT2D eigenvalue weighted by Gasteiger charge is 2.14. The van der Waals surface area contributed by atoms with Crippen molar-refractivity contribution in [3.63, 3.8) is 0 Å². The van der Waals surface area contributed by atoms with Crippen LogP contribution in [0.4, 0.5) is 10.1 Å². The summed E-state index contributed by atoms with van der Waals surface area (Å²) in [7, 11) is 0. The number of hydrogen-bond donors (Lipinski definition) is 2. The van der Waals surface area contributed by atoms with E-state index in [4.69, 9.17) is 0 Å². The lowest BCUT2D eigenvalue weighted by Gasteiger charge is -2.14. The molecule has 0 radical (unpaired) electrons. The van der Waals surface area contributed by atoms with Gasteiger partial charge < -0.3 is 10.6 Å². The van der Waals surface area contributed by atoms with Crippen molar-refractivity contribution in [3.05, 3.63) is 28.2 Å². The topological polar surface area (TPSA) is 24.1 Å². The van der Waals surface area contributed by atoms with Crippen molar-refractivity contribution < 1.29 is 4.39 Å². The second-order valence-electron chi connectivity index (χ2n) is 4.60. The molecule has 2 N–H and O–H groups in total. The summed E-state index contributed by atoms with van der Waals surface area (Å²) in [6, 6.07) is 5.63. The Labute approximate surface area is 110 Å². The minimum Gasteiger partial charge on any atom is -0.384 e. The zero-order chi connectivity index (χ0) is 12.3. The molecule has 1 aliphatic rings. The molecule has 1 aliphatic heterocycles. The molecule has 4 heteroatoms. The molecule has 0 aromatic heterocycles. The van der Waals surface area contributed by atoms with Gasteiger partial charge in [-0.15, -0.1) is 0 Å². The SMILES string of the molecule is CC(F)c1ccc(NCC2CCNC2)c(Br)c1. The second-order valence-corrected chi connectivity index (χ2v) is 5.45. The zero-order valence-electron chi connectivity index (χ0n) is 9.97. The summed E-state index contributed by atoms with van der Waals surface area (Å²) in [4.78, 5) is 0. The Balaban J connectivity index is 1.96. The molecule has 2 rings (SSSR count). The van der Waals surface area contributed by atoms with Crippen LogP contribution in [0.25, 0.3) is 0 Å². The molecule has 2 atom stereocenters. The highest BCUT2D eigenvalue weighted by atomic mass is 79.9. The van der Waals surface area contributed by atoms with E-state index in [1.807, 2.05) is 18.2 Å². The highest BCUT2D eigenvalue weighted by Crippen LogP contribution is 2.28. The van der Waals surface area contributed by atoms with Crippen molar-refractivity contribution in [1.82, 2.24) is 5.32 Å². The van der Waals surface area contributed by atoms with Gasteiger partial charge in [-0.25, -0.2) is 4.39 Å². The molecule has 0 spiro atoms. The van der Waals surface area contributed by atoms with Crippen LogP contribution in [0.5, 0.6) is 0 Å². The third-order valence-corrected chi connectivity index (χ3v) is 3.85. The predicted octanol–water partition coefficient (Wildman–Crippen LogP) is 3.50. The van der Waals surface area contributed by atoms with Gasteiger partial charge in [-0.1, -0.05) is 6.07 Å². The van der Waals surface area contributed by atoms with E-state index in [1.54, 1.807) is 6.92 Å². The molecule has 17 heavy (non-hydrogen) atoms. The van der Waals surface area contributed by atoms with Gasteiger partial charge in [0.05, 0.1) is 0 Å². The predicted molar refractivity (Wildman–Crippen MR) is 73.1 cm³/mol. The first-order chi connectivity index (χ1) is 8.16. The van der Waals surface area contributed by atoms with Gasteiger partial charge in [-0.2, -0.15) is 0 Å². The minimum absolute atomic E-state index is 0.696. The van der Waals surface area contributed by atoms with E-state index in [-0.39, 0.29) is 0 Å². The summed E-state index contributed by atoms with van der Waals surface area (Å²) in [5.74, 6) is 0.696. The Morgan fingerprint density at radius 1 is 1.59 bits per heavy atom. The van der Waals surface area contributed by atoms with Crippen LogP contribution in [-0.2, 0) is 0 Å². The fourth-order valence-electron chi connectivity index (χ4n) is 2.07. The summed E-state index contributed by atoms with van der Waals surface area (Å²) in [6.45, 7) is 4.73. The van der Waals surface area contributed by atoms with Crippen molar-refractivity contribution in [3.8, 4) is 0 Å². The lowest BCUT2D eigenvalue weighted by Crippen LogP contribution is -2.17. The summed E-state index contributed by atoms with van der Waals surface area (Å²) >= 11 is 3.48. The third-order valence-electron chi connectivity index (χ3n) is 3.20. The average molecular weight is 301 g/mol. The zero-order valence-corrected chi connectivity index (χ0v) is 11.6. The van der Waals surface area contributed by atoms with Gasteiger partial charge >= 0.3 is 0 Å². The molecule has 0 bridgehead atoms. The molecular weight excluding hydrogens is 283 g/mol. The minimum atomic E-state index is -0.917. The first-order valence-electron chi connectivity index (χ1n) is 6.05. The first-order valence-corrected chi connectivity index (χ1v) is 6.84. The van der Waals surface area contributed by atoms with Crippen molar-refractivity contribution in [1.29, 1.82) is 0 Å². The molecule has 1 heterocycles. The van der Waals surface area contributed by atoms with Crippen LogP contribution in [0.1, 0.15) is 25.1 Å². The second kappa shape index (κ2) is 5.83. The van der Waals surface area contributed by atoms with Crippen molar-refractivity contribution in [2.75, 3.05) is 25.0 Å². The van der Waals surface area contributed by atoms with Gasteiger partial charge in [0.25, 0.3) is 0 Å². The number of benzene rings is 1. The van der Waals surface area contributed by atoms with Gasteiger partial charge in [0, 0.05) is 16.7 Å². The van der Waals surface area contributed by atoms with Crippen molar-refractivity contribution in [2.24, 2.45) is 5.92 Å². The van der Waals surface area contributed by atoms with Crippen LogP contribution in [-0.4, -0.2) is 19.6 Å². The molecule has 2 nitrogen and oxygen atoms in total. The van der Waals surface area contributed by atoms with Crippen LogP contribution in [0.2, 0.25) is 0 Å². The number of alkyl halides is 1. The third kappa shape index (κ3) is 3.42. The first kappa shape index (κ1) is 12.8. The van der Waals surface area contributed by atoms with E-state index < -0.39 is 6.17 Å². The van der Waals surface area contributed by atoms with E-state index in [1.165, 1.54) is 6.42 Å². The standard InChI is InChI=1S/C13H18BrFN2/c1-9(15)11-2-3-13(12(14)6-11)17-8-10-4-5-16-7-10/h2-3,6,9-10,16-17H,4-5,7-8H2,1H3. The van der Waals surface area contributed by atoms with Gasteiger partial charge in [-0.05, 0) is 66.0 Å². The fourth-order valence-corrected chi connectivity index (χ4v) is 2.60. The van der Waals surface area contributed by atoms with Crippen molar-refractivity contribution in [2.45, 2.75) is 19.5 Å². The summed E-state index contributed by atoms with van der Waals surface area (Å²) in [5, 5.41) is 6.76. The Morgan fingerprint density at radius 2 is 2.41 bits per heavy atom. The lowest BCUT2D eigenvalue weighted by molar-refractivity contribution is 0.374. The van der Waals surface area contributed by atoms with Crippen LogP contribution < -0.4 is 10.6 Å². The number of rotatable bonds is 4. The molecule has 1 saturated heterocycles. The smallest absolute Gasteiger partial charge is 0.122 e. The molecule has 0 amide bonds. The molecule has 2 unspecified atom stereocenters. The fraction of sp³-hybridized carbons (Fsp3) is 0.538. The highest BCUT2D eigenvalue weighted by molar-refractivity contribution is 9.10. The number of anilines is 1. The Hall–Kier alpha value is -0.610. The molecule has 1 fully saturated rings. The van der Waals surface area contributed by atoms with Crippen LogP contribution in [0.15, 0.2) is 22.7 Å². The molecule has 1 aromatic rings. The van der Waals surface area contributed by atoms with Crippen LogP contribution in [0, 0.1) is 5.92 Å². The van der Waals surface area contributed by atoms with Gasteiger partial charge in [0.2, 0.25) is 0 Å². The molecule has 0 saturated carbocycles. The molecule has 0 aliphatic carbocycles. The largest absolute Gasteiger partial charge is 0.384 e. The monoisotopic (exact) mass is 300 g/mol. The van der Waals surface area contributed by atoms with Gasteiger partial charge in [0.1, 0.15) is 6.17 Å². The summed E-state index contributed by atoms with van der Waals surface area (Å²) in [5.41, 5.74) is 1.76.